The highest BCUT2D eigenvalue weighted by molar-refractivity contribution is 5.75. The van der Waals surface area contributed by atoms with Crippen LogP contribution in [0.25, 0.3) is 11.1 Å². The standard InChI is InChI=1S/C17H16O/c18-17-10-9-15-14-6-5-11-3-1-2-4-12(11)13(14)7-8-16(15)17/h1-4,7-8,17-18H,5-6,9-10H2. The zero-order valence-electron chi connectivity index (χ0n) is 10.3. The molecular formula is C17H16O. The molecule has 0 aliphatic heterocycles. The molecule has 2 aromatic rings. The number of hydrogen-bond donors (Lipinski definition) is 1. The Kier molecular flexibility index (Phi) is 2.12. The molecule has 0 aromatic heterocycles. The molecule has 90 valence electrons. The molecule has 0 heterocycles. The zero-order chi connectivity index (χ0) is 12.1. The molecule has 1 atom stereocenters. The largest absolute Gasteiger partial charge is 0.388 e. The number of benzene rings is 2. The summed E-state index contributed by atoms with van der Waals surface area (Å²) in [7, 11) is 0. The predicted molar refractivity (Wildman–Crippen MR) is 72.6 cm³/mol. The lowest BCUT2D eigenvalue weighted by molar-refractivity contribution is 0.180. The van der Waals surface area contributed by atoms with Crippen LogP contribution in [0.3, 0.4) is 0 Å². The van der Waals surface area contributed by atoms with E-state index < -0.39 is 0 Å². The Balaban J connectivity index is 1.97. The van der Waals surface area contributed by atoms with Gasteiger partial charge in [-0.15, -0.1) is 0 Å². The average molecular weight is 236 g/mol. The molecule has 0 saturated carbocycles. The van der Waals surface area contributed by atoms with E-state index in [1.807, 2.05) is 0 Å². The minimum atomic E-state index is -0.234. The summed E-state index contributed by atoms with van der Waals surface area (Å²) in [6, 6.07) is 13.1. The van der Waals surface area contributed by atoms with Crippen LogP contribution in [0.1, 0.15) is 34.8 Å². The van der Waals surface area contributed by atoms with E-state index in [2.05, 4.69) is 36.4 Å². The molecule has 18 heavy (non-hydrogen) atoms. The van der Waals surface area contributed by atoms with Gasteiger partial charge in [0.2, 0.25) is 0 Å². The molecule has 0 amide bonds. The van der Waals surface area contributed by atoms with Gasteiger partial charge in [0.05, 0.1) is 6.10 Å². The lowest BCUT2D eigenvalue weighted by atomic mass is 9.82. The average Bonchev–Trinajstić information content (AvgIpc) is 2.80. The summed E-state index contributed by atoms with van der Waals surface area (Å²) in [5, 5.41) is 9.98. The number of fused-ring (bicyclic) bond motifs is 5. The van der Waals surface area contributed by atoms with Crippen LogP contribution in [0.2, 0.25) is 0 Å². The van der Waals surface area contributed by atoms with E-state index in [-0.39, 0.29) is 6.10 Å². The van der Waals surface area contributed by atoms with Crippen LogP contribution in [-0.4, -0.2) is 5.11 Å². The maximum absolute atomic E-state index is 9.98. The Hall–Kier alpha value is -1.60. The van der Waals surface area contributed by atoms with Crippen molar-refractivity contribution in [3.05, 3.63) is 58.7 Å². The van der Waals surface area contributed by atoms with Crippen LogP contribution in [0, 0.1) is 0 Å². The molecule has 0 fully saturated rings. The van der Waals surface area contributed by atoms with Crippen molar-refractivity contribution in [2.24, 2.45) is 0 Å². The van der Waals surface area contributed by atoms with Gasteiger partial charge in [0, 0.05) is 0 Å². The first-order chi connectivity index (χ1) is 8.84. The fraction of sp³-hybridized carbons (Fsp3) is 0.294. The third-order valence-corrected chi connectivity index (χ3v) is 4.45. The van der Waals surface area contributed by atoms with Crippen molar-refractivity contribution >= 4 is 0 Å². The van der Waals surface area contributed by atoms with Gasteiger partial charge in [0.25, 0.3) is 0 Å². The fourth-order valence-electron chi connectivity index (χ4n) is 3.55. The minimum Gasteiger partial charge on any atom is -0.388 e. The molecule has 1 unspecified atom stereocenters. The monoisotopic (exact) mass is 236 g/mol. The molecule has 0 saturated heterocycles. The van der Waals surface area contributed by atoms with Crippen molar-refractivity contribution in [2.75, 3.05) is 0 Å². The number of aliphatic hydroxyl groups is 1. The topological polar surface area (TPSA) is 20.2 Å². The summed E-state index contributed by atoms with van der Waals surface area (Å²) in [5.41, 5.74) is 8.33. The Morgan fingerprint density at radius 3 is 2.67 bits per heavy atom. The van der Waals surface area contributed by atoms with Crippen LogP contribution in [0.4, 0.5) is 0 Å². The number of hydrogen-bond acceptors (Lipinski definition) is 1. The van der Waals surface area contributed by atoms with E-state index in [0.717, 1.165) is 25.7 Å². The van der Waals surface area contributed by atoms with Crippen LogP contribution in [0.5, 0.6) is 0 Å². The van der Waals surface area contributed by atoms with Crippen LogP contribution in [-0.2, 0) is 19.3 Å². The van der Waals surface area contributed by atoms with Crippen LogP contribution < -0.4 is 0 Å². The Bertz CT molecular complexity index is 628. The molecule has 1 nitrogen and oxygen atoms in total. The van der Waals surface area contributed by atoms with Crippen LogP contribution >= 0.6 is 0 Å². The van der Waals surface area contributed by atoms with Gasteiger partial charge in [-0.3, -0.25) is 0 Å². The highest BCUT2D eigenvalue weighted by Crippen LogP contribution is 2.41. The van der Waals surface area contributed by atoms with Crippen molar-refractivity contribution in [3.63, 3.8) is 0 Å². The fourth-order valence-corrected chi connectivity index (χ4v) is 3.55. The molecule has 2 aromatic carbocycles. The minimum absolute atomic E-state index is 0.234. The smallest absolute Gasteiger partial charge is 0.0796 e. The third kappa shape index (κ3) is 1.31. The Labute approximate surface area is 107 Å². The molecular weight excluding hydrogens is 220 g/mol. The SMILES string of the molecule is OC1CCc2c1ccc1c2CCc2ccccc2-1. The second-order valence-electron chi connectivity index (χ2n) is 5.37. The third-order valence-electron chi connectivity index (χ3n) is 4.45. The number of aryl methyl sites for hydroxylation is 1. The molecule has 4 rings (SSSR count). The first-order valence-corrected chi connectivity index (χ1v) is 6.75. The normalized spacial score (nSPS) is 20.2. The van der Waals surface area contributed by atoms with E-state index in [1.54, 1.807) is 0 Å². The summed E-state index contributed by atoms with van der Waals surface area (Å²) >= 11 is 0. The van der Waals surface area contributed by atoms with Gasteiger partial charge >= 0.3 is 0 Å². The molecule has 1 N–H and O–H groups in total. The quantitative estimate of drug-likeness (QED) is 0.743. The molecule has 0 spiro atoms. The number of rotatable bonds is 0. The first kappa shape index (κ1) is 10.3. The summed E-state index contributed by atoms with van der Waals surface area (Å²) in [5.74, 6) is 0. The predicted octanol–water partition coefficient (Wildman–Crippen LogP) is 3.43. The van der Waals surface area contributed by atoms with Gasteiger partial charge in [-0.05, 0) is 59.1 Å². The lowest BCUT2D eigenvalue weighted by Gasteiger charge is -2.22. The van der Waals surface area contributed by atoms with Crippen molar-refractivity contribution in [2.45, 2.75) is 31.8 Å². The van der Waals surface area contributed by atoms with Gasteiger partial charge in [-0.25, -0.2) is 0 Å². The van der Waals surface area contributed by atoms with Crippen molar-refractivity contribution in [1.29, 1.82) is 0 Å². The van der Waals surface area contributed by atoms with Crippen molar-refractivity contribution < 1.29 is 5.11 Å². The van der Waals surface area contributed by atoms with E-state index in [4.69, 9.17) is 0 Å². The van der Waals surface area contributed by atoms with Gasteiger partial charge in [-0.1, -0.05) is 36.4 Å². The summed E-state index contributed by atoms with van der Waals surface area (Å²) < 4.78 is 0. The number of aliphatic hydroxyl groups excluding tert-OH is 1. The second kappa shape index (κ2) is 3.69. The summed E-state index contributed by atoms with van der Waals surface area (Å²) in [4.78, 5) is 0. The molecule has 2 aliphatic carbocycles. The Morgan fingerprint density at radius 2 is 1.72 bits per heavy atom. The van der Waals surface area contributed by atoms with Crippen molar-refractivity contribution in [3.8, 4) is 11.1 Å². The lowest BCUT2D eigenvalue weighted by Crippen LogP contribution is -2.07. The van der Waals surface area contributed by atoms with E-state index in [0.29, 0.717) is 0 Å². The molecule has 1 heteroatoms. The maximum atomic E-state index is 9.98. The van der Waals surface area contributed by atoms with E-state index in [9.17, 15) is 5.11 Å². The molecule has 0 radical (unpaired) electrons. The van der Waals surface area contributed by atoms with Gasteiger partial charge < -0.3 is 5.11 Å². The molecule has 0 bridgehead atoms. The van der Waals surface area contributed by atoms with Gasteiger partial charge in [-0.2, -0.15) is 0 Å². The second-order valence-corrected chi connectivity index (χ2v) is 5.37. The van der Waals surface area contributed by atoms with Crippen molar-refractivity contribution in [1.82, 2.24) is 0 Å². The summed E-state index contributed by atoms with van der Waals surface area (Å²) in [6.07, 6.45) is 3.97. The highest BCUT2D eigenvalue weighted by Gasteiger charge is 2.26. The van der Waals surface area contributed by atoms with Crippen LogP contribution in [0.15, 0.2) is 36.4 Å². The summed E-state index contributed by atoms with van der Waals surface area (Å²) in [6.45, 7) is 0. The maximum Gasteiger partial charge on any atom is 0.0796 e. The van der Waals surface area contributed by atoms with E-state index in [1.165, 1.54) is 33.4 Å². The highest BCUT2D eigenvalue weighted by atomic mass is 16.3. The van der Waals surface area contributed by atoms with Gasteiger partial charge in [0.1, 0.15) is 0 Å². The van der Waals surface area contributed by atoms with Gasteiger partial charge in [0.15, 0.2) is 0 Å². The first-order valence-electron chi connectivity index (χ1n) is 6.75. The van der Waals surface area contributed by atoms with E-state index >= 15 is 0 Å². The zero-order valence-corrected chi connectivity index (χ0v) is 10.3. The Morgan fingerprint density at radius 1 is 0.833 bits per heavy atom. The molecule has 2 aliphatic rings.